The smallest absolute Gasteiger partial charge is 0.0752 e. The molecular weight excluding hydrogens is 321 g/mol. The molecule has 3 rings (SSSR count). The minimum Gasteiger partial charge on any atom is -0.252 e. The molecule has 0 radical (unpaired) electrons. The molecule has 1 aromatic carbocycles. The van der Waals surface area contributed by atoms with E-state index in [2.05, 4.69) is 17.5 Å². The molecule has 1 aliphatic heterocycles. The highest BCUT2D eigenvalue weighted by Crippen LogP contribution is 2.33. The summed E-state index contributed by atoms with van der Waals surface area (Å²) in [5, 5.41) is 3.19. The zero-order valence-electron chi connectivity index (χ0n) is 11.4. The zero-order valence-corrected chi connectivity index (χ0v) is 13.8. The van der Waals surface area contributed by atoms with Gasteiger partial charge in [-0.2, -0.15) is 0 Å². The second-order valence-corrected chi connectivity index (χ2v) is 6.53. The van der Waals surface area contributed by atoms with Gasteiger partial charge in [-0.05, 0) is 42.5 Å². The lowest BCUT2D eigenvalue weighted by atomic mass is 9.99. The van der Waals surface area contributed by atoms with Crippen LogP contribution >= 0.6 is 35.0 Å². The van der Waals surface area contributed by atoms with E-state index in [0.29, 0.717) is 10.1 Å². The van der Waals surface area contributed by atoms with E-state index >= 15 is 0 Å². The van der Waals surface area contributed by atoms with Crippen LogP contribution in [-0.2, 0) is 0 Å². The Bertz CT molecular complexity index is 739. The van der Waals surface area contributed by atoms with Crippen molar-refractivity contribution in [1.82, 2.24) is 0 Å². The van der Waals surface area contributed by atoms with E-state index in [4.69, 9.17) is 28.2 Å². The van der Waals surface area contributed by atoms with Gasteiger partial charge in [0.2, 0.25) is 0 Å². The molecular formula is C17H13Cl2NS. The van der Waals surface area contributed by atoms with Crippen LogP contribution in [0.5, 0.6) is 0 Å². The minimum absolute atomic E-state index is 0.555. The number of fused-ring (bicyclic) bond motifs is 1. The van der Waals surface area contributed by atoms with Crippen molar-refractivity contribution in [3.63, 3.8) is 0 Å². The number of allylic oxidation sites excluding steroid dienone is 7. The fourth-order valence-electron chi connectivity index (χ4n) is 2.24. The lowest BCUT2D eigenvalue weighted by Gasteiger charge is -2.11. The molecule has 2 aliphatic rings. The Morgan fingerprint density at radius 1 is 1.14 bits per heavy atom. The van der Waals surface area contributed by atoms with Gasteiger partial charge in [-0.1, -0.05) is 59.2 Å². The first-order valence-corrected chi connectivity index (χ1v) is 8.23. The molecule has 0 atom stereocenters. The molecule has 106 valence electrons. The van der Waals surface area contributed by atoms with E-state index in [1.165, 1.54) is 4.90 Å². The van der Waals surface area contributed by atoms with Crippen LogP contribution in [0.15, 0.2) is 79.1 Å². The van der Waals surface area contributed by atoms with Gasteiger partial charge in [-0.15, -0.1) is 0 Å². The molecule has 21 heavy (non-hydrogen) atoms. The van der Waals surface area contributed by atoms with Gasteiger partial charge >= 0.3 is 0 Å². The Balaban J connectivity index is 2.15. The van der Waals surface area contributed by atoms with Crippen molar-refractivity contribution in [2.75, 3.05) is 0 Å². The normalized spacial score (nSPS) is 18.3. The van der Waals surface area contributed by atoms with Crippen molar-refractivity contribution in [3.8, 4) is 0 Å². The highest BCUT2D eigenvalue weighted by atomic mass is 35.5. The summed E-state index contributed by atoms with van der Waals surface area (Å²) in [5.41, 5.74) is 4.18. The topological polar surface area (TPSA) is 12.4 Å². The van der Waals surface area contributed by atoms with Crippen LogP contribution < -0.4 is 0 Å². The summed E-state index contributed by atoms with van der Waals surface area (Å²) in [6, 6.07) is 8.29. The SMILES string of the molecule is CC1=CSc2ccccc2C(C2=CC(Cl)=C(Cl)C=CC2)=N1. The number of rotatable bonds is 1. The maximum atomic E-state index is 6.24. The fourth-order valence-corrected chi connectivity index (χ4v) is 3.37. The molecule has 0 bridgehead atoms. The van der Waals surface area contributed by atoms with Crippen LogP contribution in [0.25, 0.3) is 0 Å². The first-order valence-electron chi connectivity index (χ1n) is 6.59. The predicted octanol–water partition coefficient (Wildman–Crippen LogP) is 6.02. The summed E-state index contributed by atoms with van der Waals surface area (Å²) < 4.78 is 0. The highest BCUT2D eigenvalue weighted by molar-refractivity contribution is 8.02. The molecule has 0 N–H and O–H groups in total. The Labute approximate surface area is 138 Å². The summed E-state index contributed by atoms with van der Waals surface area (Å²) in [6.07, 6.45) is 6.54. The van der Waals surface area contributed by atoms with Crippen LogP contribution in [-0.4, -0.2) is 5.71 Å². The number of aliphatic imine (C=N–C) groups is 1. The molecule has 1 nitrogen and oxygen atoms in total. The molecule has 0 amide bonds. The van der Waals surface area contributed by atoms with E-state index in [9.17, 15) is 0 Å². The average Bonchev–Trinajstić information content (AvgIpc) is 2.75. The van der Waals surface area contributed by atoms with E-state index in [1.54, 1.807) is 11.8 Å². The molecule has 0 unspecified atom stereocenters. The van der Waals surface area contributed by atoms with Crippen LogP contribution in [0.3, 0.4) is 0 Å². The van der Waals surface area contributed by atoms with Gasteiger partial charge in [0.25, 0.3) is 0 Å². The number of nitrogens with zero attached hydrogens (tertiary/aromatic N) is 1. The lowest BCUT2D eigenvalue weighted by molar-refractivity contribution is 1.25. The van der Waals surface area contributed by atoms with Crippen LogP contribution in [0, 0.1) is 0 Å². The maximum absolute atomic E-state index is 6.24. The number of thioether (sulfide) groups is 1. The largest absolute Gasteiger partial charge is 0.252 e. The number of benzene rings is 1. The van der Waals surface area contributed by atoms with E-state index in [0.717, 1.165) is 29.0 Å². The Hall–Kier alpha value is -1.22. The third-order valence-corrected chi connectivity index (χ3v) is 5.03. The number of hydrogen-bond acceptors (Lipinski definition) is 2. The summed E-state index contributed by atoms with van der Waals surface area (Å²) in [5.74, 6) is 0. The highest BCUT2D eigenvalue weighted by Gasteiger charge is 2.17. The van der Waals surface area contributed by atoms with Gasteiger partial charge in [-0.3, -0.25) is 4.99 Å². The van der Waals surface area contributed by atoms with Gasteiger partial charge in [0.05, 0.1) is 15.8 Å². The summed E-state index contributed by atoms with van der Waals surface area (Å²) >= 11 is 14.0. The molecule has 1 heterocycles. The van der Waals surface area contributed by atoms with Gasteiger partial charge in [0, 0.05) is 16.2 Å². The van der Waals surface area contributed by atoms with Crippen molar-refractivity contribution < 1.29 is 0 Å². The van der Waals surface area contributed by atoms with E-state index < -0.39 is 0 Å². The second-order valence-electron chi connectivity index (χ2n) is 4.81. The first-order chi connectivity index (χ1) is 10.1. The molecule has 0 fully saturated rings. The molecule has 0 aromatic heterocycles. The summed E-state index contributed by atoms with van der Waals surface area (Å²) in [4.78, 5) is 5.97. The van der Waals surface area contributed by atoms with Crippen molar-refractivity contribution >= 4 is 40.7 Å². The van der Waals surface area contributed by atoms with Gasteiger partial charge in [0.1, 0.15) is 0 Å². The molecule has 0 saturated heterocycles. The Morgan fingerprint density at radius 2 is 1.95 bits per heavy atom. The molecule has 1 aromatic rings. The lowest BCUT2D eigenvalue weighted by Crippen LogP contribution is -2.06. The third-order valence-electron chi connectivity index (χ3n) is 3.22. The molecule has 1 aliphatic carbocycles. The van der Waals surface area contributed by atoms with Crippen molar-refractivity contribution in [2.24, 2.45) is 4.99 Å². The van der Waals surface area contributed by atoms with Gasteiger partial charge < -0.3 is 0 Å². The maximum Gasteiger partial charge on any atom is 0.0752 e. The van der Waals surface area contributed by atoms with Crippen molar-refractivity contribution in [3.05, 3.63) is 74.8 Å². The molecule has 0 saturated carbocycles. The monoisotopic (exact) mass is 333 g/mol. The fraction of sp³-hybridized carbons (Fsp3) is 0.118. The second kappa shape index (κ2) is 6.27. The average molecular weight is 334 g/mol. The Morgan fingerprint density at radius 3 is 2.81 bits per heavy atom. The number of halogens is 2. The van der Waals surface area contributed by atoms with E-state index in [-0.39, 0.29) is 0 Å². The minimum atomic E-state index is 0.555. The van der Waals surface area contributed by atoms with Crippen molar-refractivity contribution in [1.29, 1.82) is 0 Å². The summed E-state index contributed by atoms with van der Waals surface area (Å²) in [6.45, 7) is 2.01. The quantitative estimate of drug-likeness (QED) is 0.612. The molecule has 0 spiro atoms. The Kier molecular flexibility index (Phi) is 4.39. The molecule has 4 heteroatoms. The standard InChI is InChI=1S/C17H13Cl2NS/c1-11-10-21-16-8-3-2-6-13(16)17(20-11)12-5-4-7-14(18)15(19)9-12/h2-4,6-10H,5H2,1H3. The van der Waals surface area contributed by atoms with Gasteiger partial charge in [0.15, 0.2) is 0 Å². The van der Waals surface area contributed by atoms with Crippen LogP contribution in [0.4, 0.5) is 0 Å². The van der Waals surface area contributed by atoms with Crippen LogP contribution in [0.2, 0.25) is 0 Å². The van der Waals surface area contributed by atoms with Gasteiger partial charge in [-0.25, -0.2) is 0 Å². The van der Waals surface area contributed by atoms with E-state index in [1.807, 2.05) is 37.3 Å². The predicted molar refractivity (Wildman–Crippen MR) is 93.2 cm³/mol. The van der Waals surface area contributed by atoms with Crippen LogP contribution in [0.1, 0.15) is 18.9 Å². The number of hydrogen-bond donors (Lipinski definition) is 0. The zero-order chi connectivity index (χ0) is 14.8. The first kappa shape index (κ1) is 14.7. The van der Waals surface area contributed by atoms with Crippen molar-refractivity contribution in [2.45, 2.75) is 18.2 Å². The third kappa shape index (κ3) is 3.18. The summed E-state index contributed by atoms with van der Waals surface area (Å²) in [7, 11) is 0.